The molecule has 2 nitrogen and oxygen atoms in total. The Morgan fingerprint density at radius 3 is 1.64 bits per heavy atom. The van der Waals surface area contributed by atoms with Gasteiger partial charge in [-0.1, -0.05) is 6.58 Å². The molecule has 0 fully saturated rings. The maximum atomic E-state index is 9.72. The van der Waals surface area contributed by atoms with Crippen LogP contribution in [0.4, 0.5) is 0 Å². The van der Waals surface area contributed by atoms with E-state index in [4.69, 9.17) is 0 Å². The summed E-state index contributed by atoms with van der Waals surface area (Å²) in [5, 5.41) is 19.4. The first kappa shape index (κ1) is 12.8. The fourth-order valence-corrected chi connectivity index (χ4v) is 5.10. The number of benzene rings is 1. The van der Waals surface area contributed by atoms with Crippen molar-refractivity contribution in [1.29, 1.82) is 0 Å². The summed E-state index contributed by atoms with van der Waals surface area (Å²) in [6.45, 7) is 5.68. The number of hydrogen-bond acceptors (Lipinski definition) is 2. The first-order valence-electron chi connectivity index (χ1n) is 3.62. The number of aromatic hydroxyl groups is 2. The Balaban J connectivity index is 3.68. The van der Waals surface area contributed by atoms with Crippen molar-refractivity contribution in [2.24, 2.45) is 0 Å². The lowest BCUT2D eigenvalue weighted by Gasteiger charge is -2.12. The number of halogens is 3. The maximum absolute atomic E-state index is 9.72. The van der Waals surface area contributed by atoms with E-state index in [0.717, 1.165) is 18.3 Å². The molecule has 0 radical (unpaired) electrons. The fraction of sp³-hybridized carbons (Fsp3) is 0.111. The van der Waals surface area contributed by atoms with Crippen LogP contribution in [-0.4, -0.2) is 10.2 Å². The van der Waals surface area contributed by atoms with Crippen molar-refractivity contribution in [3.8, 4) is 11.5 Å². The van der Waals surface area contributed by atoms with Crippen LogP contribution in [0.3, 0.4) is 0 Å². The highest BCUT2D eigenvalue weighted by Gasteiger charge is 2.19. The summed E-state index contributed by atoms with van der Waals surface area (Å²) in [4.78, 5) is 0. The highest BCUT2D eigenvalue weighted by Crippen LogP contribution is 2.42. The Kier molecular flexibility index (Phi) is 4.33. The van der Waals surface area contributed by atoms with Gasteiger partial charge in [0.25, 0.3) is 0 Å². The molecule has 0 unspecified atom stereocenters. The largest absolute Gasteiger partial charge is 0.506 e. The molecule has 1 aromatic rings. The molecule has 2 N–H and O–H groups in total. The molecular weight excluding hydrogens is 521 g/mol. The Morgan fingerprint density at radius 1 is 1.00 bits per heavy atom. The van der Waals surface area contributed by atoms with E-state index in [1.807, 2.05) is 29.5 Å². The maximum Gasteiger partial charge on any atom is 0.146 e. The van der Waals surface area contributed by atoms with Crippen LogP contribution in [0.5, 0.6) is 11.5 Å². The van der Waals surface area contributed by atoms with Gasteiger partial charge in [-0.3, -0.25) is 0 Å². The Bertz CT molecular complexity index is 384. The molecule has 14 heavy (non-hydrogen) atoms. The van der Waals surface area contributed by atoms with Gasteiger partial charge in [0.1, 0.15) is 11.5 Å². The van der Waals surface area contributed by atoms with Crippen LogP contribution in [0, 0.1) is 10.7 Å². The predicted molar refractivity (Wildman–Crippen MR) is 82.6 cm³/mol. The van der Waals surface area contributed by atoms with E-state index in [1.165, 1.54) is 0 Å². The molecule has 0 amide bonds. The lowest BCUT2D eigenvalue weighted by molar-refractivity contribution is 0.438. The molecule has 0 aliphatic rings. The lowest BCUT2D eigenvalue weighted by Crippen LogP contribution is -1.94. The molecule has 0 aliphatic heterocycles. The summed E-state index contributed by atoms with van der Waals surface area (Å²) in [5.41, 5.74) is 1.66. The van der Waals surface area contributed by atoms with Gasteiger partial charge in [0.2, 0.25) is 0 Å². The predicted octanol–water partition coefficient (Wildman–Crippen LogP) is 3.94. The molecule has 0 spiro atoms. The summed E-state index contributed by atoms with van der Waals surface area (Å²) < 4.78 is 1.96. The topological polar surface area (TPSA) is 40.5 Å². The van der Waals surface area contributed by atoms with Gasteiger partial charge in [-0.15, -0.1) is 0 Å². The molecule has 0 atom stereocenters. The van der Waals surface area contributed by atoms with Gasteiger partial charge in [0.05, 0.1) is 10.7 Å². The van der Waals surface area contributed by atoms with Gasteiger partial charge >= 0.3 is 0 Å². The average Bonchev–Trinajstić information content (AvgIpc) is 2.11. The van der Waals surface area contributed by atoms with Crippen molar-refractivity contribution in [2.45, 2.75) is 6.92 Å². The molecule has 0 bridgehead atoms. The molecule has 0 heterocycles. The van der Waals surface area contributed by atoms with Crippen LogP contribution in [0.15, 0.2) is 6.58 Å². The van der Waals surface area contributed by atoms with Crippen LogP contribution in [0.1, 0.15) is 12.5 Å². The Labute approximate surface area is 123 Å². The standard InChI is InChI=1S/C9H7I3O2/c1-3(2)4-5(10)8(13)7(12)9(14)6(4)11/h13-14H,1H2,2H3. The summed E-state index contributed by atoms with van der Waals surface area (Å²) >= 11 is 6.03. The zero-order chi connectivity index (χ0) is 11.0. The Hall–Kier alpha value is 0.750. The zero-order valence-electron chi connectivity index (χ0n) is 7.24. The third-order valence-corrected chi connectivity index (χ3v) is 4.82. The normalized spacial score (nSPS) is 10.3. The first-order valence-corrected chi connectivity index (χ1v) is 6.85. The first-order chi connectivity index (χ1) is 6.37. The van der Waals surface area contributed by atoms with E-state index in [9.17, 15) is 10.2 Å². The van der Waals surface area contributed by atoms with Gasteiger partial charge in [-0.05, 0) is 80.3 Å². The number of hydrogen-bond donors (Lipinski definition) is 2. The Morgan fingerprint density at radius 2 is 1.36 bits per heavy atom. The van der Waals surface area contributed by atoms with Gasteiger partial charge in [0, 0.05) is 5.56 Å². The molecule has 76 valence electrons. The van der Waals surface area contributed by atoms with Crippen molar-refractivity contribution >= 4 is 73.3 Å². The van der Waals surface area contributed by atoms with Gasteiger partial charge in [0.15, 0.2) is 0 Å². The second kappa shape index (κ2) is 4.73. The zero-order valence-corrected chi connectivity index (χ0v) is 13.7. The summed E-state index contributed by atoms with van der Waals surface area (Å²) in [7, 11) is 0. The van der Waals surface area contributed by atoms with E-state index < -0.39 is 0 Å². The number of phenols is 2. The van der Waals surface area contributed by atoms with E-state index in [0.29, 0.717) is 3.57 Å². The van der Waals surface area contributed by atoms with Crippen LogP contribution < -0.4 is 0 Å². The summed E-state index contributed by atoms with van der Waals surface area (Å²) in [5.74, 6) is 0.254. The minimum atomic E-state index is 0.127. The van der Waals surface area contributed by atoms with Crippen LogP contribution in [0.2, 0.25) is 0 Å². The fourth-order valence-electron chi connectivity index (χ4n) is 1.01. The molecule has 0 saturated heterocycles. The monoisotopic (exact) mass is 528 g/mol. The highest BCUT2D eigenvalue weighted by atomic mass is 127. The van der Waals surface area contributed by atoms with E-state index in [2.05, 4.69) is 51.8 Å². The summed E-state index contributed by atoms with van der Waals surface area (Å²) in [6.07, 6.45) is 0. The minimum Gasteiger partial charge on any atom is -0.506 e. The molecule has 0 aliphatic carbocycles. The second-order valence-corrected chi connectivity index (χ2v) is 6.03. The van der Waals surface area contributed by atoms with Gasteiger partial charge < -0.3 is 10.2 Å². The quantitative estimate of drug-likeness (QED) is 0.543. The van der Waals surface area contributed by atoms with Crippen molar-refractivity contribution in [3.63, 3.8) is 0 Å². The van der Waals surface area contributed by atoms with Gasteiger partial charge in [-0.25, -0.2) is 0 Å². The van der Waals surface area contributed by atoms with Crippen molar-refractivity contribution < 1.29 is 10.2 Å². The third-order valence-electron chi connectivity index (χ3n) is 1.70. The number of rotatable bonds is 1. The molecule has 5 heteroatoms. The van der Waals surface area contributed by atoms with Crippen molar-refractivity contribution in [3.05, 3.63) is 22.9 Å². The van der Waals surface area contributed by atoms with E-state index in [1.54, 1.807) is 0 Å². The SMILES string of the molecule is C=C(C)c1c(I)c(O)c(I)c(O)c1I. The van der Waals surface area contributed by atoms with Crippen LogP contribution in [0.25, 0.3) is 5.57 Å². The third kappa shape index (κ3) is 2.13. The highest BCUT2D eigenvalue weighted by molar-refractivity contribution is 14.1. The molecule has 1 rings (SSSR count). The smallest absolute Gasteiger partial charge is 0.146 e. The molecule has 0 aromatic heterocycles. The average molecular weight is 528 g/mol. The summed E-state index contributed by atoms with van der Waals surface area (Å²) in [6, 6.07) is 0. The second-order valence-electron chi connectivity index (χ2n) is 2.79. The van der Waals surface area contributed by atoms with Gasteiger partial charge in [-0.2, -0.15) is 0 Å². The molecule has 1 aromatic carbocycles. The molecule has 0 saturated carbocycles. The van der Waals surface area contributed by atoms with Crippen LogP contribution >= 0.6 is 67.8 Å². The van der Waals surface area contributed by atoms with Crippen molar-refractivity contribution in [2.75, 3.05) is 0 Å². The van der Waals surface area contributed by atoms with E-state index >= 15 is 0 Å². The number of allylic oxidation sites excluding steroid dienone is 1. The van der Waals surface area contributed by atoms with Crippen LogP contribution in [-0.2, 0) is 0 Å². The lowest BCUT2D eigenvalue weighted by atomic mass is 10.1. The minimum absolute atomic E-state index is 0.127. The molecular formula is C9H7I3O2. The number of phenolic OH excluding ortho intramolecular Hbond substituents is 2. The van der Waals surface area contributed by atoms with E-state index in [-0.39, 0.29) is 11.5 Å². The van der Waals surface area contributed by atoms with Crippen molar-refractivity contribution in [1.82, 2.24) is 0 Å².